The van der Waals surface area contributed by atoms with E-state index in [1.165, 1.54) is 32.1 Å². The lowest BCUT2D eigenvalue weighted by Crippen LogP contribution is -2.60. The number of primary amides is 1. The van der Waals surface area contributed by atoms with Crippen LogP contribution in [0, 0.1) is 0 Å². The molecular weight excluding hydrogens is 402 g/mol. The van der Waals surface area contributed by atoms with Gasteiger partial charge in [-0.2, -0.15) is 4.98 Å². The Balaban J connectivity index is 0.00000218. The molecule has 0 radical (unpaired) electrons. The van der Waals surface area contributed by atoms with Gasteiger partial charge in [0, 0.05) is 43.8 Å². The van der Waals surface area contributed by atoms with E-state index >= 15 is 0 Å². The minimum absolute atomic E-state index is 0. The Hall–Kier alpha value is -1.83. The monoisotopic (exact) mass is 433 g/mol. The first-order chi connectivity index (χ1) is 14.0. The van der Waals surface area contributed by atoms with E-state index in [9.17, 15) is 4.79 Å². The van der Waals surface area contributed by atoms with Crippen molar-refractivity contribution in [1.82, 2.24) is 14.8 Å². The molecule has 164 valence electrons. The molecule has 2 N–H and O–H groups in total. The number of carbonyl (C=O) groups excluding carboxylic acids is 1. The third-order valence-electron chi connectivity index (χ3n) is 7.41. The maximum absolute atomic E-state index is 11.7. The minimum atomic E-state index is -0.471. The summed E-state index contributed by atoms with van der Waals surface area (Å²) in [5.74, 6) is -0.471. The maximum Gasteiger partial charge on any atom is 0.298 e. The molecule has 3 aliphatic rings. The van der Waals surface area contributed by atoms with Gasteiger partial charge in [0.1, 0.15) is 5.52 Å². The van der Waals surface area contributed by atoms with E-state index in [1.807, 2.05) is 6.07 Å². The summed E-state index contributed by atoms with van der Waals surface area (Å²) in [5.41, 5.74) is 7.10. The van der Waals surface area contributed by atoms with Crippen LogP contribution in [0.4, 0.5) is 6.01 Å². The van der Waals surface area contributed by atoms with Crippen molar-refractivity contribution in [3.8, 4) is 0 Å². The normalized spacial score (nSPS) is 30.3. The SMILES string of the molecule is C[C@H]1CN(C2CC3CCCC(C2)N3C)CCN1c1nc2c(C(N)=O)cccc2o1.Cl. The standard InChI is InChI=1S/C22H31N5O2.ClH/c1-14-13-26(17-11-15-5-3-6-16(12-17)25(15)2)9-10-27(14)22-24-20-18(21(23)28)7-4-8-19(20)29-22;/h4,7-8,14-17H,3,5-6,9-13H2,1-2H3,(H2,23,28);1H/t14-,15?,16?,17?;/m0./s1. The molecule has 8 heteroatoms. The molecule has 7 nitrogen and oxygen atoms in total. The Kier molecular flexibility index (Phi) is 5.97. The zero-order valence-corrected chi connectivity index (χ0v) is 18.6. The zero-order chi connectivity index (χ0) is 20.1. The van der Waals surface area contributed by atoms with E-state index in [0.717, 1.165) is 31.7 Å². The quantitative estimate of drug-likeness (QED) is 0.801. The number of hydrogen-bond donors (Lipinski definition) is 1. The molecule has 3 saturated heterocycles. The second-order valence-electron chi connectivity index (χ2n) is 9.08. The summed E-state index contributed by atoms with van der Waals surface area (Å²) in [6.07, 6.45) is 6.69. The first-order valence-electron chi connectivity index (χ1n) is 10.9. The zero-order valence-electron chi connectivity index (χ0n) is 17.8. The Bertz CT molecular complexity index is 904. The summed E-state index contributed by atoms with van der Waals surface area (Å²) < 4.78 is 6.01. The van der Waals surface area contributed by atoms with Crippen LogP contribution in [0.15, 0.2) is 22.6 Å². The second-order valence-corrected chi connectivity index (χ2v) is 9.08. The van der Waals surface area contributed by atoms with Crippen molar-refractivity contribution in [2.45, 2.75) is 63.2 Å². The fraction of sp³-hybridized carbons (Fsp3) is 0.636. The molecule has 0 spiro atoms. The smallest absolute Gasteiger partial charge is 0.298 e. The van der Waals surface area contributed by atoms with Crippen LogP contribution in [-0.2, 0) is 0 Å². The number of fused-ring (bicyclic) bond motifs is 3. The van der Waals surface area contributed by atoms with Crippen molar-refractivity contribution in [2.75, 3.05) is 31.6 Å². The van der Waals surface area contributed by atoms with E-state index in [4.69, 9.17) is 10.2 Å². The maximum atomic E-state index is 11.7. The lowest BCUT2D eigenvalue weighted by molar-refractivity contribution is 0.00375. The number of amides is 1. The van der Waals surface area contributed by atoms with E-state index in [-0.39, 0.29) is 12.4 Å². The Morgan fingerprint density at radius 1 is 1.17 bits per heavy atom. The molecule has 5 rings (SSSR count). The predicted molar refractivity (Wildman–Crippen MR) is 120 cm³/mol. The number of oxazole rings is 1. The number of aromatic nitrogens is 1. The molecular formula is C22H32ClN5O2. The number of benzene rings is 1. The number of nitrogens with two attached hydrogens (primary N) is 1. The summed E-state index contributed by atoms with van der Waals surface area (Å²) in [7, 11) is 2.32. The fourth-order valence-electron chi connectivity index (χ4n) is 5.75. The average Bonchev–Trinajstić information content (AvgIpc) is 3.11. The first kappa shape index (κ1) is 21.4. The summed E-state index contributed by atoms with van der Waals surface area (Å²) in [6.45, 7) is 5.18. The lowest BCUT2D eigenvalue weighted by Gasteiger charge is -2.51. The van der Waals surface area contributed by atoms with Gasteiger partial charge < -0.3 is 20.0 Å². The fourth-order valence-corrected chi connectivity index (χ4v) is 5.75. The van der Waals surface area contributed by atoms with Crippen LogP contribution in [0.3, 0.4) is 0 Å². The third kappa shape index (κ3) is 3.67. The van der Waals surface area contributed by atoms with Crippen LogP contribution < -0.4 is 10.6 Å². The van der Waals surface area contributed by atoms with Crippen molar-refractivity contribution in [3.05, 3.63) is 23.8 Å². The molecule has 0 aliphatic carbocycles. The van der Waals surface area contributed by atoms with Gasteiger partial charge in [-0.3, -0.25) is 9.69 Å². The van der Waals surface area contributed by atoms with Gasteiger partial charge in [-0.15, -0.1) is 12.4 Å². The topological polar surface area (TPSA) is 78.8 Å². The van der Waals surface area contributed by atoms with Crippen molar-refractivity contribution >= 4 is 35.4 Å². The van der Waals surface area contributed by atoms with Crippen molar-refractivity contribution in [3.63, 3.8) is 0 Å². The molecule has 2 aromatic rings. The van der Waals surface area contributed by atoms with Gasteiger partial charge in [0.15, 0.2) is 5.58 Å². The summed E-state index contributed by atoms with van der Waals surface area (Å²) in [5, 5.41) is 0. The molecule has 4 heterocycles. The van der Waals surface area contributed by atoms with E-state index in [1.54, 1.807) is 12.1 Å². The molecule has 3 atom stereocenters. The summed E-state index contributed by atoms with van der Waals surface area (Å²) in [6, 6.07) is 8.45. The number of rotatable bonds is 3. The first-order valence-corrected chi connectivity index (χ1v) is 10.9. The summed E-state index contributed by atoms with van der Waals surface area (Å²) >= 11 is 0. The number of nitrogens with zero attached hydrogens (tertiary/aromatic N) is 4. The number of hydrogen-bond acceptors (Lipinski definition) is 6. The van der Waals surface area contributed by atoms with E-state index in [2.05, 4.69) is 33.7 Å². The van der Waals surface area contributed by atoms with Crippen LogP contribution in [0.2, 0.25) is 0 Å². The molecule has 1 amide bonds. The Labute approximate surface area is 184 Å². The molecule has 2 bridgehead atoms. The highest BCUT2D eigenvalue weighted by atomic mass is 35.5. The predicted octanol–water partition coefficient (Wildman–Crippen LogP) is 2.87. The highest BCUT2D eigenvalue weighted by Gasteiger charge is 2.40. The van der Waals surface area contributed by atoms with Gasteiger partial charge in [-0.1, -0.05) is 12.5 Å². The molecule has 3 aliphatic heterocycles. The van der Waals surface area contributed by atoms with E-state index < -0.39 is 5.91 Å². The largest absolute Gasteiger partial charge is 0.423 e. The highest BCUT2D eigenvalue weighted by molar-refractivity contribution is 6.03. The average molecular weight is 434 g/mol. The van der Waals surface area contributed by atoms with Crippen LogP contribution in [-0.4, -0.2) is 71.5 Å². The van der Waals surface area contributed by atoms with Crippen LogP contribution in [0.5, 0.6) is 0 Å². The Morgan fingerprint density at radius 3 is 2.57 bits per heavy atom. The number of carbonyl (C=O) groups is 1. The van der Waals surface area contributed by atoms with Crippen molar-refractivity contribution in [2.24, 2.45) is 5.73 Å². The highest BCUT2D eigenvalue weighted by Crippen LogP contribution is 2.36. The van der Waals surface area contributed by atoms with Crippen LogP contribution >= 0.6 is 12.4 Å². The molecule has 2 unspecified atom stereocenters. The molecule has 0 saturated carbocycles. The summed E-state index contributed by atoms with van der Waals surface area (Å²) in [4.78, 5) is 23.9. The van der Waals surface area contributed by atoms with Crippen molar-refractivity contribution in [1.29, 1.82) is 0 Å². The van der Waals surface area contributed by atoms with Gasteiger partial charge in [0.25, 0.3) is 11.9 Å². The molecule has 1 aromatic heterocycles. The van der Waals surface area contributed by atoms with Gasteiger partial charge in [-0.25, -0.2) is 0 Å². The number of piperazine rings is 1. The molecule has 30 heavy (non-hydrogen) atoms. The number of piperidine rings is 2. The lowest BCUT2D eigenvalue weighted by atomic mass is 9.81. The van der Waals surface area contributed by atoms with Crippen molar-refractivity contribution < 1.29 is 9.21 Å². The van der Waals surface area contributed by atoms with Gasteiger partial charge >= 0.3 is 0 Å². The molecule has 1 aromatic carbocycles. The Morgan fingerprint density at radius 2 is 1.90 bits per heavy atom. The number of anilines is 1. The minimum Gasteiger partial charge on any atom is -0.423 e. The van der Waals surface area contributed by atoms with E-state index in [0.29, 0.717) is 34.8 Å². The van der Waals surface area contributed by atoms with Gasteiger partial charge in [0.2, 0.25) is 0 Å². The number of halogens is 1. The van der Waals surface area contributed by atoms with Gasteiger partial charge in [-0.05, 0) is 51.8 Å². The second kappa shape index (κ2) is 8.36. The number of para-hydroxylation sites is 1. The van der Waals surface area contributed by atoms with Crippen LogP contribution in [0.25, 0.3) is 11.1 Å². The third-order valence-corrected chi connectivity index (χ3v) is 7.41. The van der Waals surface area contributed by atoms with Gasteiger partial charge in [0.05, 0.1) is 5.56 Å². The van der Waals surface area contributed by atoms with Crippen LogP contribution in [0.1, 0.15) is 49.4 Å². The molecule has 3 fully saturated rings.